The van der Waals surface area contributed by atoms with Crippen molar-refractivity contribution in [3.63, 3.8) is 0 Å². The third-order valence-corrected chi connectivity index (χ3v) is 4.13. The largest absolute Gasteiger partial charge is 0.481 e. The monoisotopic (exact) mass is 232 g/mol. The Morgan fingerprint density at radius 2 is 1.94 bits per heavy atom. The number of aliphatic carboxylic acids is 1. The van der Waals surface area contributed by atoms with E-state index in [0.29, 0.717) is 0 Å². The minimum absolute atomic E-state index is 0.191. The molecule has 1 N–H and O–H groups in total. The summed E-state index contributed by atoms with van der Waals surface area (Å²) >= 11 is 0. The van der Waals surface area contributed by atoms with Gasteiger partial charge in [0.05, 0.1) is 5.92 Å². The van der Waals surface area contributed by atoms with E-state index in [1.54, 1.807) is 0 Å². The Morgan fingerprint density at radius 1 is 1.24 bits per heavy atom. The Balaban J connectivity index is 2.36. The molecule has 0 spiro atoms. The van der Waals surface area contributed by atoms with Gasteiger partial charge >= 0.3 is 5.97 Å². The molecule has 2 nitrogen and oxygen atoms in total. The second-order valence-electron chi connectivity index (χ2n) is 5.12. The van der Waals surface area contributed by atoms with Crippen molar-refractivity contribution in [3.05, 3.63) is 34.9 Å². The minimum Gasteiger partial charge on any atom is -0.481 e. The maximum Gasteiger partial charge on any atom is 0.307 e. The first-order valence-electron chi connectivity index (χ1n) is 6.40. The summed E-state index contributed by atoms with van der Waals surface area (Å²) < 4.78 is 0. The first kappa shape index (κ1) is 12.2. The van der Waals surface area contributed by atoms with E-state index >= 15 is 0 Å². The second kappa shape index (κ2) is 4.91. The molecule has 0 radical (unpaired) electrons. The van der Waals surface area contributed by atoms with Crippen LogP contribution >= 0.6 is 0 Å². The number of rotatable bonds is 2. The lowest BCUT2D eigenvalue weighted by Crippen LogP contribution is -2.26. The van der Waals surface area contributed by atoms with Gasteiger partial charge in [-0.2, -0.15) is 0 Å². The number of carboxylic acids is 1. The van der Waals surface area contributed by atoms with Crippen LogP contribution in [0.4, 0.5) is 0 Å². The molecule has 2 rings (SSSR count). The summed E-state index contributed by atoms with van der Waals surface area (Å²) in [5.41, 5.74) is 3.78. The van der Waals surface area contributed by atoms with Gasteiger partial charge in [0.25, 0.3) is 0 Å². The van der Waals surface area contributed by atoms with Crippen LogP contribution in [0.5, 0.6) is 0 Å². The van der Waals surface area contributed by atoms with E-state index in [-0.39, 0.29) is 11.8 Å². The molecule has 1 aromatic carbocycles. The maximum absolute atomic E-state index is 11.3. The summed E-state index contributed by atoms with van der Waals surface area (Å²) in [7, 11) is 0. The molecule has 1 aliphatic rings. The van der Waals surface area contributed by atoms with Crippen molar-refractivity contribution in [1.82, 2.24) is 0 Å². The van der Waals surface area contributed by atoms with Crippen molar-refractivity contribution in [2.75, 3.05) is 0 Å². The van der Waals surface area contributed by atoms with Gasteiger partial charge < -0.3 is 5.11 Å². The smallest absolute Gasteiger partial charge is 0.307 e. The number of aryl methyl sites for hydroxylation is 1. The molecule has 2 unspecified atom stereocenters. The molecule has 92 valence electrons. The van der Waals surface area contributed by atoms with Gasteiger partial charge in [-0.15, -0.1) is 0 Å². The lowest BCUT2D eigenvalue weighted by Gasteiger charge is -2.30. The molecule has 1 fully saturated rings. The number of hydrogen-bond acceptors (Lipinski definition) is 1. The maximum atomic E-state index is 11.3. The molecule has 1 saturated carbocycles. The lowest BCUT2D eigenvalue weighted by atomic mass is 9.74. The molecule has 0 aromatic heterocycles. The van der Waals surface area contributed by atoms with E-state index in [0.717, 1.165) is 25.7 Å². The Labute approximate surface area is 103 Å². The summed E-state index contributed by atoms with van der Waals surface area (Å²) in [6, 6.07) is 6.25. The normalized spacial score (nSPS) is 24.6. The number of carboxylic acid groups (broad SMARTS) is 1. The lowest BCUT2D eigenvalue weighted by molar-refractivity contribution is -0.143. The highest BCUT2D eigenvalue weighted by Crippen LogP contribution is 2.39. The Morgan fingerprint density at radius 3 is 2.65 bits per heavy atom. The zero-order valence-corrected chi connectivity index (χ0v) is 10.6. The van der Waals surface area contributed by atoms with Gasteiger partial charge in [-0.25, -0.2) is 0 Å². The number of hydrogen-bond donors (Lipinski definition) is 1. The predicted molar refractivity (Wildman–Crippen MR) is 68.3 cm³/mol. The van der Waals surface area contributed by atoms with E-state index in [2.05, 4.69) is 26.0 Å². The van der Waals surface area contributed by atoms with E-state index in [1.165, 1.54) is 16.7 Å². The summed E-state index contributed by atoms with van der Waals surface area (Å²) in [5.74, 6) is -0.610. The molecule has 2 heteroatoms. The summed E-state index contributed by atoms with van der Waals surface area (Å²) in [5, 5.41) is 9.33. The van der Waals surface area contributed by atoms with Crippen molar-refractivity contribution < 1.29 is 9.90 Å². The molecule has 0 heterocycles. The average Bonchev–Trinajstić information content (AvgIpc) is 2.33. The molecule has 1 aliphatic carbocycles. The first-order chi connectivity index (χ1) is 8.11. The molecule has 0 aliphatic heterocycles. The van der Waals surface area contributed by atoms with Gasteiger partial charge in [0, 0.05) is 0 Å². The van der Waals surface area contributed by atoms with Gasteiger partial charge in [-0.3, -0.25) is 4.79 Å². The van der Waals surface area contributed by atoms with Crippen molar-refractivity contribution >= 4 is 5.97 Å². The van der Waals surface area contributed by atoms with Gasteiger partial charge in [0.1, 0.15) is 0 Å². The Hall–Kier alpha value is -1.31. The van der Waals surface area contributed by atoms with E-state index < -0.39 is 5.97 Å². The average molecular weight is 232 g/mol. The van der Waals surface area contributed by atoms with Crippen LogP contribution in [0.3, 0.4) is 0 Å². The Kier molecular flexibility index (Phi) is 3.51. The van der Waals surface area contributed by atoms with Gasteiger partial charge in [-0.1, -0.05) is 31.0 Å². The van der Waals surface area contributed by atoms with Crippen LogP contribution in [0.15, 0.2) is 18.2 Å². The van der Waals surface area contributed by atoms with Gasteiger partial charge in [-0.05, 0) is 49.3 Å². The van der Waals surface area contributed by atoms with Crippen LogP contribution < -0.4 is 0 Å². The van der Waals surface area contributed by atoms with Gasteiger partial charge in [0.2, 0.25) is 0 Å². The van der Waals surface area contributed by atoms with Crippen LogP contribution in [-0.2, 0) is 4.79 Å². The van der Waals surface area contributed by atoms with Crippen molar-refractivity contribution in [2.24, 2.45) is 5.92 Å². The minimum atomic E-state index is -0.629. The predicted octanol–water partition coefficient (Wildman–Crippen LogP) is 3.66. The molecular weight excluding hydrogens is 212 g/mol. The van der Waals surface area contributed by atoms with E-state index in [4.69, 9.17) is 0 Å². The van der Waals surface area contributed by atoms with Crippen LogP contribution in [-0.4, -0.2) is 11.1 Å². The summed E-state index contributed by atoms with van der Waals surface area (Å²) in [6.07, 6.45) is 4.05. The van der Waals surface area contributed by atoms with Gasteiger partial charge in [0.15, 0.2) is 0 Å². The number of benzene rings is 1. The Bertz CT molecular complexity index is 423. The molecule has 0 amide bonds. The van der Waals surface area contributed by atoms with Crippen LogP contribution in [0.25, 0.3) is 0 Å². The summed E-state index contributed by atoms with van der Waals surface area (Å²) in [4.78, 5) is 11.3. The summed E-state index contributed by atoms with van der Waals surface area (Å²) in [6.45, 7) is 4.20. The highest BCUT2D eigenvalue weighted by atomic mass is 16.4. The van der Waals surface area contributed by atoms with Crippen LogP contribution in [0, 0.1) is 19.8 Å². The zero-order valence-electron chi connectivity index (χ0n) is 10.6. The SMILES string of the molecule is Cc1cccc(C2CCCCC2C(=O)O)c1C. The fourth-order valence-corrected chi connectivity index (χ4v) is 2.97. The molecule has 1 aromatic rings. The molecule has 2 atom stereocenters. The van der Waals surface area contributed by atoms with Crippen molar-refractivity contribution in [3.8, 4) is 0 Å². The quantitative estimate of drug-likeness (QED) is 0.844. The molecule has 0 saturated heterocycles. The standard InChI is InChI=1S/C15H20O2/c1-10-6-5-9-12(11(10)2)13-7-3-4-8-14(13)15(16)17/h5-6,9,13-14H,3-4,7-8H2,1-2H3,(H,16,17). The molecular formula is C15H20O2. The third-order valence-electron chi connectivity index (χ3n) is 4.13. The highest BCUT2D eigenvalue weighted by Gasteiger charge is 2.32. The fraction of sp³-hybridized carbons (Fsp3) is 0.533. The second-order valence-corrected chi connectivity index (χ2v) is 5.12. The van der Waals surface area contributed by atoms with Crippen LogP contribution in [0.2, 0.25) is 0 Å². The first-order valence-corrected chi connectivity index (χ1v) is 6.40. The van der Waals surface area contributed by atoms with E-state index in [9.17, 15) is 9.90 Å². The topological polar surface area (TPSA) is 37.3 Å². The van der Waals surface area contributed by atoms with E-state index in [1.807, 2.05) is 6.07 Å². The number of carbonyl (C=O) groups is 1. The van der Waals surface area contributed by atoms with Crippen LogP contribution in [0.1, 0.15) is 48.3 Å². The van der Waals surface area contributed by atoms with Crippen molar-refractivity contribution in [2.45, 2.75) is 45.4 Å². The van der Waals surface area contributed by atoms with Crippen molar-refractivity contribution in [1.29, 1.82) is 0 Å². The third kappa shape index (κ3) is 2.36. The molecule has 0 bridgehead atoms. The zero-order chi connectivity index (χ0) is 12.4. The molecule has 17 heavy (non-hydrogen) atoms. The fourth-order valence-electron chi connectivity index (χ4n) is 2.97. The highest BCUT2D eigenvalue weighted by molar-refractivity contribution is 5.71.